The Labute approximate surface area is 167 Å². The third kappa shape index (κ3) is 3.92. The van der Waals surface area contributed by atoms with Crippen LogP contribution in [0.15, 0.2) is 84.3 Å². The summed E-state index contributed by atoms with van der Waals surface area (Å²) in [6.07, 6.45) is 5.81. The molecule has 9 heteroatoms. The number of rotatable bonds is 6. The molecule has 0 fully saturated rings. The van der Waals surface area contributed by atoms with Crippen molar-refractivity contribution in [2.24, 2.45) is 0 Å². The van der Waals surface area contributed by atoms with Crippen LogP contribution in [0.2, 0.25) is 5.02 Å². The summed E-state index contributed by atoms with van der Waals surface area (Å²) in [5.41, 5.74) is 2.02. The van der Waals surface area contributed by atoms with E-state index in [1.54, 1.807) is 23.0 Å². The molecule has 142 valence electrons. The number of anilines is 1. The molecule has 2 heterocycles. The van der Waals surface area contributed by atoms with Crippen molar-refractivity contribution in [2.75, 3.05) is 4.72 Å². The molecule has 0 amide bonds. The van der Waals surface area contributed by atoms with Crippen LogP contribution in [0.25, 0.3) is 5.69 Å². The number of aromatic nitrogens is 4. The Morgan fingerprint density at radius 2 is 1.68 bits per heavy atom. The predicted molar refractivity (Wildman–Crippen MR) is 107 cm³/mol. The van der Waals surface area contributed by atoms with E-state index in [1.807, 2.05) is 42.5 Å². The minimum Gasteiger partial charge on any atom is -0.276 e. The van der Waals surface area contributed by atoms with Crippen molar-refractivity contribution in [1.82, 2.24) is 19.6 Å². The second-order valence-corrected chi connectivity index (χ2v) is 8.18. The predicted octanol–water partition coefficient (Wildman–Crippen LogP) is 3.57. The van der Waals surface area contributed by atoms with Gasteiger partial charge in [0.25, 0.3) is 10.0 Å². The molecule has 0 aliphatic heterocycles. The monoisotopic (exact) mass is 413 g/mol. The molecule has 0 atom stereocenters. The third-order valence-electron chi connectivity index (χ3n) is 4.04. The van der Waals surface area contributed by atoms with Crippen LogP contribution in [0.4, 0.5) is 5.69 Å². The van der Waals surface area contributed by atoms with Crippen molar-refractivity contribution in [3.8, 4) is 5.69 Å². The van der Waals surface area contributed by atoms with E-state index in [2.05, 4.69) is 14.9 Å². The fraction of sp³-hybridized carbons (Fsp3) is 0.0526. The summed E-state index contributed by atoms with van der Waals surface area (Å²) in [5, 5.41) is 8.83. The lowest BCUT2D eigenvalue weighted by atomic mass is 10.2. The Morgan fingerprint density at radius 1 is 0.929 bits per heavy atom. The van der Waals surface area contributed by atoms with E-state index < -0.39 is 10.0 Å². The molecule has 0 aliphatic carbocycles. The van der Waals surface area contributed by atoms with E-state index in [-0.39, 0.29) is 4.90 Å². The SMILES string of the molecule is O=S(=O)(Nc1cnn(-c2ccccc2Cl)c1)c1cnn(Cc2ccccc2)c1. The topological polar surface area (TPSA) is 81.8 Å². The molecular formula is C19H16ClN5O2S. The van der Waals surface area contributed by atoms with Gasteiger partial charge in [0.1, 0.15) is 4.90 Å². The van der Waals surface area contributed by atoms with E-state index >= 15 is 0 Å². The Kier molecular flexibility index (Phi) is 4.89. The number of hydrogen-bond donors (Lipinski definition) is 1. The highest BCUT2D eigenvalue weighted by Crippen LogP contribution is 2.22. The van der Waals surface area contributed by atoms with Gasteiger partial charge in [-0.2, -0.15) is 10.2 Å². The molecule has 0 bridgehead atoms. The second kappa shape index (κ2) is 7.49. The van der Waals surface area contributed by atoms with Gasteiger partial charge in [0.05, 0.1) is 41.5 Å². The summed E-state index contributed by atoms with van der Waals surface area (Å²) in [4.78, 5) is 0.0777. The first kappa shape index (κ1) is 18.3. The Morgan fingerprint density at radius 3 is 2.46 bits per heavy atom. The van der Waals surface area contributed by atoms with Crippen LogP contribution in [-0.4, -0.2) is 28.0 Å². The van der Waals surface area contributed by atoms with Crippen LogP contribution in [0.1, 0.15) is 5.56 Å². The molecule has 1 N–H and O–H groups in total. The van der Waals surface area contributed by atoms with Gasteiger partial charge >= 0.3 is 0 Å². The molecule has 0 unspecified atom stereocenters. The zero-order valence-corrected chi connectivity index (χ0v) is 16.2. The molecule has 0 radical (unpaired) electrons. The molecule has 4 aromatic rings. The molecule has 4 rings (SSSR count). The van der Waals surface area contributed by atoms with Crippen molar-refractivity contribution < 1.29 is 8.42 Å². The van der Waals surface area contributed by atoms with E-state index in [0.29, 0.717) is 22.9 Å². The van der Waals surface area contributed by atoms with Gasteiger partial charge in [0.15, 0.2) is 0 Å². The van der Waals surface area contributed by atoms with Gasteiger partial charge < -0.3 is 0 Å². The Bertz CT molecular complexity index is 1200. The highest BCUT2D eigenvalue weighted by atomic mass is 35.5. The van der Waals surface area contributed by atoms with Gasteiger partial charge in [-0.05, 0) is 17.7 Å². The third-order valence-corrected chi connectivity index (χ3v) is 5.70. The summed E-state index contributed by atoms with van der Waals surface area (Å²) in [6.45, 7) is 0.487. The second-order valence-electron chi connectivity index (χ2n) is 6.09. The average molecular weight is 414 g/mol. The molecular weight excluding hydrogens is 398 g/mol. The van der Waals surface area contributed by atoms with Crippen molar-refractivity contribution in [3.63, 3.8) is 0 Å². The molecule has 0 aliphatic rings. The van der Waals surface area contributed by atoms with Crippen LogP contribution >= 0.6 is 11.6 Å². The molecule has 0 saturated carbocycles. The molecule has 0 saturated heterocycles. The summed E-state index contributed by atoms with van der Waals surface area (Å²) in [6, 6.07) is 16.9. The van der Waals surface area contributed by atoms with Crippen LogP contribution in [-0.2, 0) is 16.6 Å². The fourth-order valence-corrected chi connectivity index (χ4v) is 3.90. The lowest BCUT2D eigenvalue weighted by Gasteiger charge is -2.04. The zero-order valence-electron chi connectivity index (χ0n) is 14.6. The lowest BCUT2D eigenvalue weighted by molar-refractivity contribution is 0.600. The van der Waals surface area contributed by atoms with Gasteiger partial charge in [0.2, 0.25) is 0 Å². The van der Waals surface area contributed by atoms with Gasteiger partial charge in [0, 0.05) is 6.20 Å². The van der Waals surface area contributed by atoms with Crippen molar-refractivity contribution in [1.29, 1.82) is 0 Å². The number of hydrogen-bond acceptors (Lipinski definition) is 4. The number of para-hydroxylation sites is 1. The van der Waals surface area contributed by atoms with Crippen molar-refractivity contribution in [2.45, 2.75) is 11.4 Å². The Balaban J connectivity index is 1.52. The van der Waals surface area contributed by atoms with Crippen LogP contribution < -0.4 is 4.72 Å². The quantitative estimate of drug-likeness (QED) is 0.524. The molecule has 28 heavy (non-hydrogen) atoms. The maximum atomic E-state index is 12.7. The number of sulfonamides is 1. The summed E-state index contributed by atoms with van der Waals surface area (Å²) in [5.74, 6) is 0. The zero-order chi connectivity index (χ0) is 19.6. The summed E-state index contributed by atoms with van der Waals surface area (Å²) < 4.78 is 30.9. The lowest BCUT2D eigenvalue weighted by Crippen LogP contribution is -2.12. The minimum atomic E-state index is -3.78. The maximum Gasteiger partial charge on any atom is 0.265 e. The Hall–Kier alpha value is -3.10. The number of nitrogens with zero attached hydrogens (tertiary/aromatic N) is 4. The van der Waals surface area contributed by atoms with E-state index in [1.165, 1.54) is 23.3 Å². The first-order valence-electron chi connectivity index (χ1n) is 8.40. The van der Waals surface area contributed by atoms with Gasteiger partial charge in [-0.1, -0.05) is 54.1 Å². The first-order chi connectivity index (χ1) is 13.5. The standard InChI is InChI=1S/C19H16ClN5O2S/c20-18-8-4-5-9-19(18)25-13-16(10-22-25)23-28(26,27)17-11-21-24(14-17)12-15-6-2-1-3-7-15/h1-11,13-14,23H,12H2. The highest BCUT2D eigenvalue weighted by Gasteiger charge is 2.18. The fourth-order valence-electron chi connectivity index (χ4n) is 2.70. The number of nitrogens with one attached hydrogen (secondary N) is 1. The van der Waals surface area contributed by atoms with Crippen LogP contribution in [0.3, 0.4) is 0 Å². The smallest absolute Gasteiger partial charge is 0.265 e. The van der Waals surface area contributed by atoms with Crippen molar-refractivity contribution in [3.05, 3.63) is 90.0 Å². The van der Waals surface area contributed by atoms with E-state index in [0.717, 1.165) is 5.56 Å². The molecule has 2 aromatic heterocycles. The number of halogens is 1. The summed E-state index contributed by atoms with van der Waals surface area (Å²) >= 11 is 6.16. The maximum absolute atomic E-state index is 12.7. The van der Waals surface area contributed by atoms with Gasteiger partial charge in [-0.3, -0.25) is 9.40 Å². The normalized spacial score (nSPS) is 11.5. The highest BCUT2D eigenvalue weighted by molar-refractivity contribution is 7.92. The van der Waals surface area contributed by atoms with Crippen LogP contribution in [0, 0.1) is 0 Å². The molecule has 7 nitrogen and oxygen atoms in total. The number of benzene rings is 2. The minimum absolute atomic E-state index is 0.0777. The van der Waals surface area contributed by atoms with Crippen molar-refractivity contribution >= 4 is 27.3 Å². The van der Waals surface area contributed by atoms with E-state index in [9.17, 15) is 8.42 Å². The molecule has 2 aromatic carbocycles. The van der Waals surface area contributed by atoms with E-state index in [4.69, 9.17) is 11.6 Å². The largest absolute Gasteiger partial charge is 0.276 e. The van der Waals surface area contributed by atoms with Gasteiger partial charge in [-0.15, -0.1) is 0 Å². The average Bonchev–Trinajstić information content (AvgIpc) is 3.33. The molecule has 0 spiro atoms. The van der Waals surface area contributed by atoms with Gasteiger partial charge in [-0.25, -0.2) is 13.1 Å². The van der Waals surface area contributed by atoms with Crippen LogP contribution in [0.5, 0.6) is 0 Å². The summed E-state index contributed by atoms with van der Waals surface area (Å²) in [7, 11) is -3.78. The first-order valence-corrected chi connectivity index (χ1v) is 10.3.